The summed E-state index contributed by atoms with van der Waals surface area (Å²) < 4.78 is 10.5. The number of benzene rings is 4. The molecule has 41 heavy (non-hydrogen) atoms. The van der Waals surface area contributed by atoms with Crippen LogP contribution in [0.3, 0.4) is 0 Å². The highest BCUT2D eigenvalue weighted by molar-refractivity contribution is 6.30. The molecule has 11 nitrogen and oxygen atoms in total. The van der Waals surface area contributed by atoms with Crippen LogP contribution in [0.5, 0.6) is 11.5 Å². The molecular weight excluding hydrogens is 552 g/mol. The highest BCUT2D eigenvalue weighted by Crippen LogP contribution is 2.31. The maximum Gasteiger partial charge on any atom is 0.343 e. The van der Waals surface area contributed by atoms with Crippen LogP contribution in [0.1, 0.15) is 36.6 Å². The smallest absolute Gasteiger partial charge is 0.343 e. The summed E-state index contributed by atoms with van der Waals surface area (Å²) in [4.78, 5) is 48.6. The summed E-state index contributed by atoms with van der Waals surface area (Å²) in [6, 6.07) is 22.6. The van der Waals surface area contributed by atoms with E-state index >= 15 is 0 Å². The Labute approximate surface area is 238 Å². The molecule has 206 valence electrons. The zero-order chi connectivity index (χ0) is 29.4. The van der Waals surface area contributed by atoms with Crippen LogP contribution in [0.15, 0.2) is 96.1 Å². The van der Waals surface area contributed by atoms with Crippen molar-refractivity contribution < 1.29 is 28.8 Å². The minimum Gasteiger partial charge on any atom is -0.497 e. The summed E-state index contributed by atoms with van der Waals surface area (Å²) in [7, 11) is 1.44. The Bertz CT molecular complexity index is 1640. The fraction of sp³-hybridized carbons (Fsp3) is 0.0345. The zero-order valence-corrected chi connectivity index (χ0v) is 22.1. The predicted octanol–water partition coefficient (Wildman–Crippen LogP) is 5.49. The molecule has 0 aromatic heterocycles. The number of anilines is 1. The van der Waals surface area contributed by atoms with Gasteiger partial charge < -0.3 is 14.8 Å². The number of hydrogen-bond acceptors (Lipinski definition) is 8. The van der Waals surface area contributed by atoms with E-state index in [1.807, 2.05) is 0 Å². The number of rotatable bonds is 9. The van der Waals surface area contributed by atoms with Crippen LogP contribution < -0.4 is 20.2 Å². The van der Waals surface area contributed by atoms with Crippen LogP contribution in [0.4, 0.5) is 11.4 Å². The molecular formula is C29H21ClN4O7. The Hall–Kier alpha value is -5.55. The summed E-state index contributed by atoms with van der Waals surface area (Å²) >= 11 is 5.84. The lowest BCUT2D eigenvalue weighted by Gasteiger charge is -2.09. The number of nitro groups is 1. The van der Waals surface area contributed by atoms with Crippen LogP contribution >= 0.6 is 11.6 Å². The van der Waals surface area contributed by atoms with Crippen LogP contribution in [0.25, 0.3) is 0 Å². The van der Waals surface area contributed by atoms with Crippen molar-refractivity contribution in [2.75, 3.05) is 12.4 Å². The fourth-order valence-corrected chi connectivity index (χ4v) is 3.66. The van der Waals surface area contributed by atoms with Crippen molar-refractivity contribution in [1.29, 1.82) is 0 Å². The van der Waals surface area contributed by atoms with Gasteiger partial charge in [0.25, 0.3) is 11.8 Å². The quantitative estimate of drug-likeness (QED) is 0.0884. The molecule has 0 bridgehead atoms. The zero-order valence-electron chi connectivity index (χ0n) is 21.4. The van der Waals surface area contributed by atoms with Crippen LogP contribution in [-0.4, -0.2) is 36.0 Å². The van der Waals surface area contributed by atoms with E-state index in [9.17, 15) is 24.5 Å². The van der Waals surface area contributed by atoms with E-state index in [4.69, 9.17) is 21.1 Å². The Morgan fingerprint density at radius 2 is 1.54 bits per heavy atom. The number of halogens is 1. The van der Waals surface area contributed by atoms with Gasteiger partial charge in [-0.3, -0.25) is 19.7 Å². The number of hydrazone groups is 1. The van der Waals surface area contributed by atoms with Crippen molar-refractivity contribution in [2.24, 2.45) is 5.10 Å². The maximum absolute atomic E-state index is 12.7. The molecule has 4 aromatic rings. The third kappa shape index (κ3) is 7.31. The Balaban J connectivity index is 1.44. The SMILES string of the molecule is COc1cccc(C(=O)Oc2c(/C=N/NC(=O)c3ccc(NC(=O)c4ccc(Cl)cc4)cc3)cccc2[N+](=O)[O-])c1. The molecule has 4 rings (SSSR count). The van der Waals surface area contributed by atoms with E-state index in [-0.39, 0.29) is 28.3 Å². The second-order valence-corrected chi connectivity index (χ2v) is 8.75. The number of nitrogens with zero attached hydrogens (tertiary/aromatic N) is 2. The lowest BCUT2D eigenvalue weighted by atomic mass is 10.1. The van der Waals surface area contributed by atoms with E-state index in [2.05, 4.69) is 15.8 Å². The van der Waals surface area contributed by atoms with Crippen LogP contribution in [0.2, 0.25) is 5.02 Å². The van der Waals surface area contributed by atoms with Gasteiger partial charge in [0.2, 0.25) is 5.75 Å². The van der Waals surface area contributed by atoms with Gasteiger partial charge in [0.05, 0.1) is 23.8 Å². The number of nitrogens with one attached hydrogen (secondary N) is 2. The van der Waals surface area contributed by atoms with Gasteiger partial charge in [-0.25, -0.2) is 10.2 Å². The van der Waals surface area contributed by atoms with E-state index in [1.54, 1.807) is 48.5 Å². The number of amides is 2. The Kier molecular flexibility index (Phi) is 9.02. The molecule has 0 unspecified atom stereocenters. The number of ether oxygens (including phenoxy) is 2. The number of hydrogen-bond donors (Lipinski definition) is 2. The average Bonchev–Trinajstić information content (AvgIpc) is 2.98. The Morgan fingerprint density at radius 1 is 0.878 bits per heavy atom. The first-order valence-electron chi connectivity index (χ1n) is 11.9. The molecule has 0 spiro atoms. The van der Waals surface area contributed by atoms with E-state index in [0.29, 0.717) is 22.0 Å². The summed E-state index contributed by atoms with van der Waals surface area (Å²) in [5.74, 6) is -1.71. The standard InChI is InChI=1S/C29H21ClN4O7/c1-40-24-6-2-4-20(16-24)29(37)41-26-21(5-3-7-25(26)34(38)39)17-31-33-28(36)19-10-14-23(15-11-19)32-27(35)18-8-12-22(30)13-9-18/h2-17H,1H3,(H,32,35)(H,33,36)/b31-17+. The first-order chi connectivity index (χ1) is 19.7. The highest BCUT2D eigenvalue weighted by atomic mass is 35.5. The topological polar surface area (TPSA) is 149 Å². The normalized spacial score (nSPS) is 10.6. The van der Waals surface area contributed by atoms with Crippen molar-refractivity contribution in [3.05, 3.63) is 128 Å². The minimum absolute atomic E-state index is 0.0796. The molecule has 0 fully saturated rings. The number of carbonyl (C=O) groups is 3. The molecule has 0 heterocycles. The van der Waals surface area contributed by atoms with E-state index < -0.39 is 22.5 Å². The molecule has 2 amide bonds. The second-order valence-electron chi connectivity index (χ2n) is 8.31. The molecule has 0 saturated carbocycles. The Morgan fingerprint density at radius 3 is 2.22 bits per heavy atom. The second kappa shape index (κ2) is 13.0. The van der Waals surface area contributed by atoms with Gasteiger partial charge in [0.1, 0.15) is 5.75 Å². The monoisotopic (exact) mass is 572 g/mol. The van der Waals surface area contributed by atoms with Crippen molar-refractivity contribution in [3.63, 3.8) is 0 Å². The summed E-state index contributed by atoms with van der Waals surface area (Å²) in [6.45, 7) is 0. The van der Waals surface area contributed by atoms with Gasteiger partial charge >= 0.3 is 11.7 Å². The molecule has 2 N–H and O–H groups in total. The number of para-hydroxylation sites is 1. The molecule has 0 aliphatic carbocycles. The van der Waals surface area contributed by atoms with Crippen LogP contribution in [-0.2, 0) is 0 Å². The summed E-state index contributed by atoms with van der Waals surface area (Å²) in [5.41, 5.74) is 3.16. The predicted molar refractivity (Wildman–Crippen MR) is 152 cm³/mol. The van der Waals surface area contributed by atoms with Gasteiger partial charge in [-0.05, 0) is 72.8 Å². The number of esters is 1. The lowest BCUT2D eigenvalue weighted by Crippen LogP contribution is -2.18. The van der Waals surface area contributed by atoms with Crippen molar-refractivity contribution in [2.45, 2.75) is 0 Å². The van der Waals surface area contributed by atoms with E-state index in [0.717, 1.165) is 6.21 Å². The van der Waals surface area contributed by atoms with E-state index in [1.165, 1.54) is 49.6 Å². The van der Waals surface area contributed by atoms with Gasteiger partial charge in [0, 0.05) is 33.5 Å². The third-order valence-electron chi connectivity index (χ3n) is 5.60. The molecule has 4 aromatic carbocycles. The summed E-state index contributed by atoms with van der Waals surface area (Å²) in [5, 5.41) is 18.7. The number of nitro benzene ring substituents is 1. The molecule has 12 heteroatoms. The number of carbonyl (C=O) groups excluding carboxylic acids is 3. The average molecular weight is 573 g/mol. The first kappa shape index (κ1) is 28.5. The van der Waals surface area contributed by atoms with Crippen molar-refractivity contribution in [1.82, 2.24) is 5.43 Å². The van der Waals surface area contributed by atoms with Gasteiger partial charge in [-0.15, -0.1) is 0 Å². The molecule has 0 aliphatic heterocycles. The van der Waals surface area contributed by atoms with Crippen molar-refractivity contribution >= 4 is 47.0 Å². The maximum atomic E-state index is 12.7. The largest absolute Gasteiger partial charge is 0.497 e. The highest BCUT2D eigenvalue weighted by Gasteiger charge is 2.22. The molecule has 0 radical (unpaired) electrons. The molecule has 0 saturated heterocycles. The number of methoxy groups -OCH3 is 1. The molecule has 0 atom stereocenters. The third-order valence-corrected chi connectivity index (χ3v) is 5.85. The van der Waals surface area contributed by atoms with Gasteiger partial charge in [-0.1, -0.05) is 23.7 Å². The van der Waals surface area contributed by atoms with Gasteiger partial charge in [0.15, 0.2) is 0 Å². The minimum atomic E-state index is -0.847. The summed E-state index contributed by atoms with van der Waals surface area (Å²) in [6.07, 6.45) is 1.12. The van der Waals surface area contributed by atoms with Crippen LogP contribution in [0, 0.1) is 10.1 Å². The fourth-order valence-electron chi connectivity index (χ4n) is 3.53. The lowest BCUT2D eigenvalue weighted by molar-refractivity contribution is -0.385. The molecule has 0 aliphatic rings. The van der Waals surface area contributed by atoms with Gasteiger partial charge in [-0.2, -0.15) is 5.10 Å². The first-order valence-corrected chi connectivity index (χ1v) is 12.3. The van der Waals surface area contributed by atoms with Crippen molar-refractivity contribution in [3.8, 4) is 11.5 Å².